The van der Waals surface area contributed by atoms with Crippen LogP contribution < -0.4 is 21.3 Å². The predicted octanol–water partition coefficient (Wildman–Crippen LogP) is 4.56. The van der Waals surface area contributed by atoms with E-state index in [1.54, 1.807) is 6.92 Å². The molecule has 1 saturated carbocycles. The Hall–Kier alpha value is -4.18. The molecular weight excluding hydrogens is 596 g/mol. The molecule has 5 N–H and O–H groups in total. The monoisotopic (exact) mass is 648 g/mol. The lowest BCUT2D eigenvalue weighted by atomic mass is 9.83. The lowest BCUT2D eigenvalue weighted by molar-refractivity contribution is -0.130. The molecule has 4 amide bonds. The molecule has 0 heterocycles. The van der Waals surface area contributed by atoms with E-state index < -0.39 is 42.1 Å². The molecule has 0 bridgehead atoms. The molecule has 1 aliphatic rings. The van der Waals surface area contributed by atoms with Crippen LogP contribution in [0.5, 0.6) is 0 Å². The molecule has 0 aromatic heterocycles. The van der Waals surface area contributed by atoms with Gasteiger partial charge in [0.25, 0.3) is 0 Å². The van der Waals surface area contributed by atoms with E-state index in [-0.39, 0.29) is 36.8 Å². The molecule has 1 aliphatic carbocycles. The van der Waals surface area contributed by atoms with Crippen LogP contribution >= 0.6 is 0 Å². The van der Waals surface area contributed by atoms with Crippen LogP contribution in [0.3, 0.4) is 0 Å². The Morgan fingerprint density at radius 3 is 2.09 bits per heavy atom. The molecule has 47 heavy (non-hydrogen) atoms. The summed E-state index contributed by atoms with van der Waals surface area (Å²) in [6, 6.07) is 15.8. The van der Waals surface area contributed by atoms with Crippen LogP contribution in [-0.2, 0) is 32.1 Å². The highest BCUT2D eigenvalue weighted by Crippen LogP contribution is 2.29. The van der Waals surface area contributed by atoms with E-state index in [1.165, 1.54) is 6.42 Å². The van der Waals surface area contributed by atoms with Crippen molar-refractivity contribution in [2.75, 3.05) is 6.54 Å². The largest absolute Gasteiger partial charge is 0.445 e. The summed E-state index contributed by atoms with van der Waals surface area (Å²) < 4.78 is 5.35. The molecule has 4 atom stereocenters. The Morgan fingerprint density at radius 1 is 0.851 bits per heavy atom. The molecule has 256 valence electrons. The van der Waals surface area contributed by atoms with E-state index in [9.17, 15) is 24.3 Å². The number of ether oxygens (including phenoxy) is 1. The molecule has 1 fully saturated rings. The number of benzene rings is 2. The lowest BCUT2D eigenvalue weighted by Crippen LogP contribution is -2.56. The molecule has 0 spiro atoms. The van der Waals surface area contributed by atoms with Crippen molar-refractivity contribution in [3.05, 3.63) is 83.9 Å². The van der Waals surface area contributed by atoms with Gasteiger partial charge in [-0.25, -0.2) is 4.79 Å². The number of hydrogen-bond acceptors (Lipinski definition) is 6. The molecule has 0 radical (unpaired) electrons. The van der Waals surface area contributed by atoms with Crippen LogP contribution in [0.4, 0.5) is 4.79 Å². The summed E-state index contributed by atoms with van der Waals surface area (Å²) in [4.78, 5) is 52.2. The fourth-order valence-corrected chi connectivity index (χ4v) is 5.66. The van der Waals surface area contributed by atoms with Gasteiger partial charge < -0.3 is 31.1 Å². The first-order chi connectivity index (χ1) is 22.5. The van der Waals surface area contributed by atoms with Gasteiger partial charge in [0.1, 0.15) is 18.7 Å². The molecule has 0 unspecified atom stereocenters. The summed E-state index contributed by atoms with van der Waals surface area (Å²) in [6.45, 7) is 9.96. The average Bonchev–Trinajstić information content (AvgIpc) is 3.06. The van der Waals surface area contributed by atoms with Crippen LogP contribution in [0.2, 0.25) is 0 Å². The van der Waals surface area contributed by atoms with Crippen LogP contribution in [0.1, 0.15) is 76.8 Å². The number of carbonyl (C=O) groups excluding carboxylic acids is 4. The summed E-state index contributed by atoms with van der Waals surface area (Å²) in [6.07, 6.45) is 4.35. The fourth-order valence-electron chi connectivity index (χ4n) is 5.66. The molecule has 0 aliphatic heterocycles. The number of aliphatic hydroxyl groups excluding tert-OH is 1. The second kappa shape index (κ2) is 19.5. The highest BCUT2D eigenvalue weighted by molar-refractivity contribution is 5.93. The van der Waals surface area contributed by atoms with Crippen molar-refractivity contribution < 1.29 is 29.0 Å². The van der Waals surface area contributed by atoms with Gasteiger partial charge in [0.05, 0.1) is 12.1 Å². The number of aliphatic hydroxyl groups is 1. The van der Waals surface area contributed by atoms with Crippen LogP contribution in [0.15, 0.2) is 72.8 Å². The highest BCUT2D eigenvalue weighted by atomic mass is 16.5. The Labute approximate surface area is 279 Å². The van der Waals surface area contributed by atoms with E-state index in [0.29, 0.717) is 18.9 Å². The standard InChI is InChI=1S/C37H52N4O6/c1-25(2)23-38-34(43)26(3)20-33(42)31(21-28-14-8-5-9-15-28)40-35(44)27(4)39-36(45)32(22-29-16-10-6-11-17-29)41-37(46)47-24-30-18-12-7-13-19-30/h6-7,10-13,16-19,25,27-28,31-33,42H,3,5,8-9,14-15,20-24H2,1-2,4H3,(H,38,43)(H,39,45)(H,40,44)(H,41,46)/t27-,31-,32-,33-/m0/s1. The van der Waals surface area contributed by atoms with Crippen molar-refractivity contribution in [1.82, 2.24) is 21.3 Å². The molecular formula is C37H52N4O6. The maximum Gasteiger partial charge on any atom is 0.408 e. The van der Waals surface area contributed by atoms with Crippen LogP contribution in [0.25, 0.3) is 0 Å². The van der Waals surface area contributed by atoms with E-state index in [2.05, 4.69) is 27.8 Å². The quantitative estimate of drug-likeness (QED) is 0.159. The van der Waals surface area contributed by atoms with Crippen molar-refractivity contribution >= 4 is 23.8 Å². The molecule has 10 heteroatoms. The van der Waals surface area contributed by atoms with Gasteiger partial charge in [-0.15, -0.1) is 0 Å². The summed E-state index contributed by atoms with van der Waals surface area (Å²) in [5.41, 5.74) is 1.87. The van der Waals surface area contributed by atoms with Crippen molar-refractivity contribution in [1.29, 1.82) is 0 Å². The molecule has 2 aromatic rings. The Balaban J connectivity index is 1.65. The van der Waals surface area contributed by atoms with Crippen molar-refractivity contribution in [2.45, 2.75) is 103 Å². The normalized spacial score (nSPS) is 15.9. The minimum atomic E-state index is -1.03. The Kier molecular flexibility index (Phi) is 15.4. The van der Waals surface area contributed by atoms with E-state index in [0.717, 1.165) is 36.8 Å². The van der Waals surface area contributed by atoms with Crippen LogP contribution in [0, 0.1) is 11.8 Å². The van der Waals surface area contributed by atoms with Crippen molar-refractivity contribution in [3.8, 4) is 0 Å². The number of alkyl carbamates (subject to hydrolysis) is 1. The van der Waals surface area contributed by atoms with Crippen molar-refractivity contribution in [3.63, 3.8) is 0 Å². The first-order valence-corrected chi connectivity index (χ1v) is 16.8. The van der Waals surface area contributed by atoms with Gasteiger partial charge in [0.15, 0.2) is 0 Å². The molecule has 10 nitrogen and oxygen atoms in total. The first-order valence-electron chi connectivity index (χ1n) is 16.8. The molecule has 3 rings (SSSR count). The van der Waals surface area contributed by atoms with Gasteiger partial charge in [0, 0.05) is 25.0 Å². The SMILES string of the molecule is C=C(C[C@H](O)[C@H](CC1CCCCC1)NC(=O)[C@H](C)NC(=O)[C@H](Cc1ccccc1)NC(=O)OCc1ccccc1)C(=O)NCC(C)C. The smallest absolute Gasteiger partial charge is 0.408 e. The van der Waals surface area contributed by atoms with Gasteiger partial charge in [-0.05, 0) is 36.3 Å². The van der Waals surface area contributed by atoms with Gasteiger partial charge in [-0.3, -0.25) is 14.4 Å². The maximum atomic E-state index is 13.5. The minimum absolute atomic E-state index is 0.0104. The second-order valence-electron chi connectivity index (χ2n) is 13.0. The summed E-state index contributed by atoms with van der Waals surface area (Å²) in [7, 11) is 0. The maximum absolute atomic E-state index is 13.5. The second-order valence-corrected chi connectivity index (χ2v) is 13.0. The number of amides is 4. The predicted molar refractivity (Wildman–Crippen MR) is 182 cm³/mol. The Bertz CT molecular complexity index is 1300. The zero-order valence-corrected chi connectivity index (χ0v) is 28.0. The lowest BCUT2D eigenvalue weighted by Gasteiger charge is -2.31. The molecule has 0 saturated heterocycles. The zero-order valence-electron chi connectivity index (χ0n) is 28.0. The summed E-state index contributed by atoms with van der Waals surface area (Å²) >= 11 is 0. The highest BCUT2D eigenvalue weighted by Gasteiger charge is 2.31. The number of rotatable bonds is 17. The summed E-state index contributed by atoms with van der Waals surface area (Å²) in [5.74, 6) is -0.738. The number of carbonyl (C=O) groups is 4. The average molecular weight is 649 g/mol. The van der Waals surface area contributed by atoms with Gasteiger partial charge >= 0.3 is 6.09 Å². The third-order valence-corrected chi connectivity index (χ3v) is 8.41. The van der Waals surface area contributed by atoms with Gasteiger partial charge in [-0.2, -0.15) is 0 Å². The van der Waals surface area contributed by atoms with Gasteiger partial charge in [0.2, 0.25) is 17.7 Å². The van der Waals surface area contributed by atoms with E-state index >= 15 is 0 Å². The first kappa shape index (κ1) is 37.3. The third-order valence-electron chi connectivity index (χ3n) is 8.41. The van der Waals surface area contributed by atoms with Crippen molar-refractivity contribution in [2.24, 2.45) is 11.8 Å². The zero-order chi connectivity index (χ0) is 34.2. The fraction of sp³-hybridized carbons (Fsp3) is 0.514. The third kappa shape index (κ3) is 13.6. The minimum Gasteiger partial charge on any atom is -0.445 e. The Morgan fingerprint density at radius 2 is 1.47 bits per heavy atom. The van der Waals surface area contributed by atoms with E-state index in [1.807, 2.05) is 74.5 Å². The van der Waals surface area contributed by atoms with Gasteiger partial charge in [-0.1, -0.05) is 113 Å². The number of hydrogen-bond donors (Lipinski definition) is 5. The number of nitrogens with one attached hydrogen (secondary N) is 4. The molecule has 2 aromatic carbocycles. The van der Waals surface area contributed by atoms with E-state index in [4.69, 9.17) is 4.74 Å². The summed E-state index contributed by atoms with van der Waals surface area (Å²) in [5, 5.41) is 22.4. The van der Waals surface area contributed by atoms with Crippen LogP contribution in [-0.4, -0.2) is 59.7 Å². The topological polar surface area (TPSA) is 146 Å².